The summed E-state index contributed by atoms with van der Waals surface area (Å²) in [5.41, 5.74) is 16.2. The van der Waals surface area contributed by atoms with E-state index in [1.807, 2.05) is 16.0 Å². The van der Waals surface area contributed by atoms with E-state index in [0.29, 0.717) is 6.42 Å². The van der Waals surface area contributed by atoms with Crippen LogP contribution in [-0.2, 0) is 52.7 Å². The summed E-state index contributed by atoms with van der Waals surface area (Å²) in [6.07, 6.45) is -2.86. The van der Waals surface area contributed by atoms with E-state index in [4.69, 9.17) is 22.3 Å². The number of hydrogen-bond donors (Lipinski definition) is 15. The largest absolute Gasteiger partial charge is 0.481 e. The van der Waals surface area contributed by atoms with Gasteiger partial charge in [-0.15, -0.1) is 0 Å². The summed E-state index contributed by atoms with van der Waals surface area (Å²) in [6, 6.07) is -13.3. The van der Waals surface area contributed by atoms with Gasteiger partial charge in [0.2, 0.25) is 41.4 Å². The number of carbonyl (C=O) groups excluding carboxylic acids is 7. The van der Waals surface area contributed by atoms with Crippen LogP contribution in [0.5, 0.6) is 0 Å². The zero-order valence-electron chi connectivity index (χ0n) is 35.2. The van der Waals surface area contributed by atoms with Gasteiger partial charge < -0.3 is 84.6 Å². The number of nitrogens with two attached hydrogens (primary N) is 3. The molecule has 0 aromatic heterocycles. The van der Waals surface area contributed by atoms with Crippen LogP contribution < -0.4 is 49.1 Å². The number of aliphatic imine (C=N–C) groups is 1. The number of nitrogens with one attached hydrogen (secondary N) is 6. The Morgan fingerprint density at radius 3 is 1.64 bits per heavy atom. The molecule has 0 aliphatic carbocycles. The second-order valence-corrected chi connectivity index (χ2v) is 14.8. The Bertz CT molecular complexity index is 1740. The van der Waals surface area contributed by atoms with Gasteiger partial charge in [-0.1, -0.05) is 20.3 Å². The number of nitrogens with zero attached hydrogens (tertiary/aromatic N) is 2. The summed E-state index contributed by atoms with van der Waals surface area (Å²) in [6.45, 7) is 1.03. The molecule has 0 bridgehead atoms. The molecule has 0 spiro atoms. The van der Waals surface area contributed by atoms with Gasteiger partial charge in [0.05, 0.1) is 26.1 Å². The number of carbonyl (C=O) groups is 11. The number of aliphatic hydroxyl groups excluding tert-OH is 2. The Labute approximate surface area is 365 Å². The lowest BCUT2D eigenvalue weighted by molar-refractivity contribution is -0.150. The van der Waals surface area contributed by atoms with Crippen LogP contribution in [0.3, 0.4) is 0 Å². The quantitative estimate of drug-likeness (QED) is 0.0188. The Morgan fingerprint density at radius 2 is 1.16 bits per heavy atom. The number of carboxylic acid groups (broad SMARTS) is 4. The third-order valence-corrected chi connectivity index (χ3v) is 9.83. The monoisotopic (exact) mass is 917 g/mol. The first-order chi connectivity index (χ1) is 30.0. The Morgan fingerprint density at radius 1 is 0.656 bits per heavy atom. The van der Waals surface area contributed by atoms with Gasteiger partial charge in [-0.3, -0.25) is 52.9 Å². The molecule has 0 unspecified atom stereocenters. The van der Waals surface area contributed by atoms with Crippen LogP contribution in [0.1, 0.15) is 71.6 Å². The molecule has 0 radical (unpaired) electrons. The molecule has 28 heteroatoms. The van der Waals surface area contributed by atoms with Gasteiger partial charge in [0, 0.05) is 19.5 Å². The minimum Gasteiger partial charge on any atom is -0.481 e. The van der Waals surface area contributed by atoms with E-state index in [1.54, 1.807) is 13.8 Å². The van der Waals surface area contributed by atoms with Crippen molar-refractivity contribution < 1.29 is 83.4 Å². The standard InChI is InChI=1S/C36H59N11O17/c1-3-16(2)27(33(61)42-19(8-9-24(50)51)34(62)47-11-5-7-23(47)35(63)64)46-29(57)18(6-4-10-40-36(38)39)41-30(58)21(13-26(54)55)44-32(60)22(15-49)45-31(59)20(12-25(52)53)43-28(56)17(37)14-48/h16-23,27,48-49H,3-15,37H2,1-2H3,(H,41,58)(H,42,61)(H,43,56)(H,44,60)(H,45,59)(H,46,57)(H,50,51)(H,52,53)(H,54,55)(H,63,64)(H4,38,39,40)/t16-,17-,18-,19-,20-,21-,22-,23-,27-/m0/s1. The molecule has 1 rings (SSSR count). The number of carboxylic acids is 4. The van der Waals surface area contributed by atoms with Crippen LogP contribution in [0.4, 0.5) is 0 Å². The third-order valence-electron chi connectivity index (χ3n) is 9.83. The molecule has 1 aliphatic heterocycles. The second kappa shape index (κ2) is 27.4. The number of rotatable bonds is 29. The van der Waals surface area contributed by atoms with Crippen LogP contribution in [-0.4, -0.2) is 181 Å². The van der Waals surface area contributed by atoms with Crippen LogP contribution in [0.15, 0.2) is 4.99 Å². The third kappa shape index (κ3) is 18.7. The minimum atomic E-state index is -2.03. The van der Waals surface area contributed by atoms with Crippen LogP contribution in [0.2, 0.25) is 0 Å². The van der Waals surface area contributed by atoms with Crippen molar-refractivity contribution in [2.75, 3.05) is 26.3 Å². The van der Waals surface area contributed by atoms with E-state index >= 15 is 0 Å². The molecule has 64 heavy (non-hydrogen) atoms. The van der Waals surface area contributed by atoms with Crippen LogP contribution in [0, 0.1) is 5.92 Å². The fourth-order valence-corrected chi connectivity index (χ4v) is 6.14. The highest BCUT2D eigenvalue weighted by Gasteiger charge is 2.40. The number of likely N-dealkylation sites (tertiary alicyclic amines) is 1. The van der Waals surface area contributed by atoms with E-state index < -0.39 is 158 Å². The number of guanidine groups is 1. The summed E-state index contributed by atoms with van der Waals surface area (Å²) in [5.74, 6) is -15.0. The molecule has 28 nitrogen and oxygen atoms in total. The lowest BCUT2D eigenvalue weighted by atomic mass is 9.96. The van der Waals surface area contributed by atoms with Gasteiger partial charge in [-0.05, 0) is 38.0 Å². The highest BCUT2D eigenvalue weighted by Crippen LogP contribution is 2.20. The van der Waals surface area contributed by atoms with Crippen molar-refractivity contribution in [1.29, 1.82) is 0 Å². The molecule has 9 atom stereocenters. The van der Waals surface area contributed by atoms with Crippen molar-refractivity contribution in [1.82, 2.24) is 36.8 Å². The van der Waals surface area contributed by atoms with Gasteiger partial charge in [0.15, 0.2) is 5.96 Å². The maximum absolute atomic E-state index is 13.9. The van der Waals surface area contributed by atoms with Gasteiger partial charge in [0.1, 0.15) is 48.3 Å². The fraction of sp³-hybridized carbons (Fsp3) is 0.667. The SMILES string of the molecule is CC[C@H](C)[C@H](NC(=O)[C@H](CCCN=C(N)N)NC(=O)[C@H](CC(=O)O)NC(=O)[C@H](CO)NC(=O)[C@H](CC(=O)O)NC(=O)[C@@H](N)CO)C(=O)N[C@@H](CCC(=O)O)C(=O)N1CCC[C@H]1C(=O)O. The molecule has 0 aromatic rings. The maximum Gasteiger partial charge on any atom is 0.326 e. The molecule has 0 saturated carbocycles. The summed E-state index contributed by atoms with van der Waals surface area (Å²) >= 11 is 0. The molecule has 18 N–H and O–H groups in total. The van der Waals surface area contributed by atoms with Crippen molar-refractivity contribution in [3.05, 3.63) is 0 Å². The Balaban J connectivity index is 3.44. The molecule has 7 amide bonds. The molecular formula is C36H59N11O17. The molecule has 1 saturated heterocycles. The maximum atomic E-state index is 13.9. The number of hydrogen-bond acceptors (Lipinski definition) is 15. The zero-order valence-corrected chi connectivity index (χ0v) is 35.2. The molecule has 1 heterocycles. The summed E-state index contributed by atoms with van der Waals surface area (Å²) in [4.78, 5) is 145. The van der Waals surface area contributed by atoms with Gasteiger partial charge in [-0.25, -0.2) is 4.79 Å². The van der Waals surface area contributed by atoms with Crippen molar-refractivity contribution in [2.45, 2.75) is 120 Å². The Kier molecular flexibility index (Phi) is 23.7. The van der Waals surface area contributed by atoms with Crippen LogP contribution in [0.25, 0.3) is 0 Å². The summed E-state index contributed by atoms with van der Waals surface area (Å²) in [7, 11) is 0. The van der Waals surface area contributed by atoms with E-state index in [-0.39, 0.29) is 44.7 Å². The minimum absolute atomic E-state index is 0.0192. The van der Waals surface area contributed by atoms with E-state index in [1.165, 1.54) is 0 Å². The summed E-state index contributed by atoms with van der Waals surface area (Å²) in [5, 5.41) is 69.9. The van der Waals surface area contributed by atoms with E-state index in [2.05, 4.69) is 20.9 Å². The second-order valence-electron chi connectivity index (χ2n) is 14.8. The van der Waals surface area contributed by atoms with Crippen molar-refractivity contribution in [3.8, 4) is 0 Å². The normalized spacial score (nSPS) is 17.0. The van der Waals surface area contributed by atoms with Crippen molar-refractivity contribution >= 4 is 71.2 Å². The lowest BCUT2D eigenvalue weighted by Gasteiger charge is -2.31. The average molecular weight is 918 g/mol. The first kappa shape index (κ1) is 55.3. The van der Waals surface area contributed by atoms with Gasteiger partial charge in [-0.2, -0.15) is 0 Å². The first-order valence-corrected chi connectivity index (χ1v) is 20.0. The lowest BCUT2D eigenvalue weighted by Crippen LogP contribution is -2.61. The number of aliphatic carboxylic acids is 4. The van der Waals surface area contributed by atoms with Crippen LogP contribution >= 0.6 is 0 Å². The predicted molar refractivity (Wildman–Crippen MR) is 217 cm³/mol. The zero-order chi connectivity index (χ0) is 48.8. The van der Waals surface area contributed by atoms with E-state index in [9.17, 15) is 78.3 Å². The molecule has 0 aromatic carbocycles. The molecular weight excluding hydrogens is 858 g/mol. The summed E-state index contributed by atoms with van der Waals surface area (Å²) < 4.78 is 0. The average Bonchev–Trinajstić information content (AvgIpc) is 3.73. The molecule has 360 valence electrons. The van der Waals surface area contributed by atoms with Crippen molar-refractivity contribution in [3.63, 3.8) is 0 Å². The first-order valence-electron chi connectivity index (χ1n) is 20.0. The van der Waals surface area contributed by atoms with E-state index in [0.717, 1.165) is 4.90 Å². The van der Waals surface area contributed by atoms with Gasteiger partial charge in [0.25, 0.3) is 0 Å². The number of amides is 7. The topological polar surface area (TPSA) is 475 Å². The highest BCUT2D eigenvalue weighted by molar-refractivity contribution is 5.99. The smallest absolute Gasteiger partial charge is 0.326 e. The highest BCUT2D eigenvalue weighted by atomic mass is 16.4. The van der Waals surface area contributed by atoms with Gasteiger partial charge >= 0.3 is 23.9 Å². The predicted octanol–water partition coefficient (Wildman–Crippen LogP) is -6.80. The fourth-order valence-electron chi connectivity index (χ4n) is 6.14. The molecule has 1 fully saturated rings. The van der Waals surface area contributed by atoms with Crippen molar-refractivity contribution in [2.24, 2.45) is 28.1 Å². The molecule has 1 aliphatic rings. The number of aliphatic hydroxyl groups is 2. The Hall–Kier alpha value is -6.68.